The van der Waals surface area contributed by atoms with Crippen LogP contribution in [0.3, 0.4) is 0 Å². The molecule has 1 radical (unpaired) electrons. The number of hydrogen-bond donors (Lipinski definition) is 1. The van der Waals surface area contributed by atoms with Gasteiger partial charge in [0.2, 0.25) is 0 Å². The van der Waals surface area contributed by atoms with Crippen molar-refractivity contribution in [1.82, 2.24) is 0 Å². The van der Waals surface area contributed by atoms with Crippen LogP contribution in [0.25, 0.3) is 0 Å². The summed E-state index contributed by atoms with van der Waals surface area (Å²) in [4.78, 5) is 12.5. The molecule has 0 bridgehead atoms. The standard InChI is InChI=1S/C28H25N2O3/c1-3-21-16-24(13-10-22-8-6-5-7-9-22)28(32-4-2)25(17-21)18-27(31)33-20-30-26-14-11-23(19-29)12-15-26/h5-9,11-12,14-17,30H,2-4,18,20H2,1H3. The van der Waals surface area contributed by atoms with Crippen LogP contribution >= 0.6 is 0 Å². The molecule has 165 valence electrons. The predicted molar refractivity (Wildman–Crippen MR) is 129 cm³/mol. The molecule has 0 aliphatic heterocycles. The fourth-order valence-corrected chi connectivity index (χ4v) is 3.19. The summed E-state index contributed by atoms with van der Waals surface area (Å²) in [6.45, 7) is 6.07. The number of benzene rings is 3. The molecule has 0 heterocycles. The number of anilines is 1. The molecule has 5 nitrogen and oxygen atoms in total. The number of nitrogens with one attached hydrogen (secondary N) is 1. The summed E-state index contributed by atoms with van der Waals surface area (Å²) < 4.78 is 11.1. The number of carbonyl (C=O) groups is 1. The predicted octanol–water partition coefficient (Wildman–Crippen LogP) is 4.89. The van der Waals surface area contributed by atoms with Crippen LogP contribution in [-0.2, 0) is 22.4 Å². The fraction of sp³-hybridized carbons (Fsp3) is 0.179. The third-order valence-corrected chi connectivity index (χ3v) is 4.85. The van der Waals surface area contributed by atoms with E-state index in [0.717, 1.165) is 34.4 Å². The van der Waals surface area contributed by atoms with E-state index in [0.29, 0.717) is 11.3 Å². The molecule has 0 unspecified atom stereocenters. The Kier molecular flexibility index (Phi) is 8.51. The topological polar surface area (TPSA) is 71.3 Å². The van der Waals surface area contributed by atoms with E-state index in [9.17, 15) is 4.79 Å². The van der Waals surface area contributed by atoms with Gasteiger partial charge in [-0.15, -0.1) is 0 Å². The number of hydrogen-bond acceptors (Lipinski definition) is 5. The van der Waals surface area contributed by atoms with Crippen molar-refractivity contribution in [3.05, 3.63) is 101 Å². The molecule has 0 spiro atoms. The normalized spacial score (nSPS) is 9.85. The van der Waals surface area contributed by atoms with Crippen LogP contribution in [0.1, 0.15) is 34.7 Å². The van der Waals surface area contributed by atoms with Crippen LogP contribution < -0.4 is 10.1 Å². The van der Waals surface area contributed by atoms with E-state index in [-0.39, 0.29) is 25.7 Å². The highest BCUT2D eigenvalue weighted by Crippen LogP contribution is 2.27. The highest BCUT2D eigenvalue weighted by atomic mass is 16.5. The minimum Gasteiger partial charge on any atom is -0.492 e. The van der Waals surface area contributed by atoms with Crippen molar-refractivity contribution in [2.45, 2.75) is 19.8 Å². The first-order chi connectivity index (χ1) is 16.1. The van der Waals surface area contributed by atoms with E-state index in [2.05, 4.69) is 37.1 Å². The number of carbonyl (C=O) groups excluding carboxylic acids is 1. The van der Waals surface area contributed by atoms with Crippen molar-refractivity contribution in [2.75, 3.05) is 18.7 Å². The maximum atomic E-state index is 12.5. The molecule has 0 saturated carbocycles. The molecule has 3 aromatic carbocycles. The van der Waals surface area contributed by atoms with Crippen LogP contribution in [0.2, 0.25) is 0 Å². The summed E-state index contributed by atoms with van der Waals surface area (Å²) >= 11 is 0. The molecule has 1 N–H and O–H groups in total. The smallest absolute Gasteiger partial charge is 0.312 e. The summed E-state index contributed by atoms with van der Waals surface area (Å²) in [5.74, 6) is 6.51. The van der Waals surface area contributed by atoms with Crippen LogP contribution in [0.15, 0.2) is 66.7 Å². The number of esters is 1. The van der Waals surface area contributed by atoms with Crippen molar-refractivity contribution >= 4 is 11.7 Å². The zero-order chi connectivity index (χ0) is 23.5. The SMILES string of the molecule is [CH2]COc1c(C#Cc2ccccc2)cc(CC)cc1CC(=O)OCNc1ccc(C#N)cc1. The first kappa shape index (κ1) is 23.4. The third-order valence-electron chi connectivity index (χ3n) is 4.85. The van der Waals surface area contributed by atoms with E-state index in [1.54, 1.807) is 24.3 Å². The largest absolute Gasteiger partial charge is 0.492 e. The highest BCUT2D eigenvalue weighted by Gasteiger charge is 2.15. The Balaban J connectivity index is 1.74. The van der Waals surface area contributed by atoms with Gasteiger partial charge in [-0.05, 0) is 61.4 Å². The average molecular weight is 438 g/mol. The van der Waals surface area contributed by atoms with Gasteiger partial charge < -0.3 is 14.8 Å². The first-order valence-electron chi connectivity index (χ1n) is 10.7. The molecule has 0 aliphatic rings. The van der Waals surface area contributed by atoms with E-state index >= 15 is 0 Å². The van der Waals surface area contributed by atoms with Crippen molar-refractivity contribution < 1.29 is 14.3 Å². The molecule has 3 aromatic rings. The van der Waals surface area contributed by atoms with Crippen LogP contribution in [0.5, 0.6) is 5.75 Å². The van der Waals surface area contributed by atoms with Gasteiger partial charge in [0.25, 0.3) is 0 Å². The zero-order valence-electron chi connectivity index (χ0n) is 18.6. The molecular weight excluding hydrogens is 412 g/mol. The molecular formula is C28H25N2O3. The van der Waals surface area contributed by atoms with Gasteiger partial charge >= 0.3 is 5.97 Å². The van der Waals surface area contributed by atoms with Gasteiger partial charge in [0.15, 0.2) is 6.73 Å². The van der Waals surface area contributed by atoms with Gasteiger partial charge in [-0.25, -0.2) is 0 Å². The third kappa shape index (κ3) is 6.89. The van der Waals surface area contributed by atoms with Crippen molar-refractivity contribution in [3.8, 4) is 23.7 Å². The second-order valence-corrected chi connectivity index (χ2v) is 7.15. The lowest BCUT2D eigenvalue weighted by molar-refractivity contribution is -0.142. The van der Waals surface area contributed by atoms with Gasteiger partial charge in [-0.2, -0.15) is 5.26 Å². The molecule has 0 aliphatic carbocycles. The van der Waals surface area contributed by atoms with Gasteiger partial charge in [-0.3, -0.25) is 4.79 Å². The van der Waals surface area contributed by atoms with Crippen LogP contribution in [0.4, 0.5) is 5.69 Å². The molecule has 0 atom stereocenters. The summed E-state index contributed by atoms with van der Waals surface area (Å²) in [5.41, 5.74) is 4.72. The van der Waals surface area contributed by atoms with Crippen LogP contribution in [-0.4, -0.2) is 19.3 Å². The lowest BCUT2D eigenvalue weighted by atomic mass is 10.00. The number of nitriles is 1. The summed E-state index contributed by atoms with van der Waals surface area (Å²) in [6, 6.07) is 22.6. The van der Waals surface area contributed by atoms with Gasteiger partial charge in [-0.1, -0.05) is 43.0 Å². The summed E-state index contributed by atoms with van der Waals surface area (Å²) in [7, 11) is 0. The van der Waals surface area contributed by atoms with Crippen molar-refractivity contribution in [2.24, 2.45) is 0 Å². The van der Waals surface area contributed by atoms with Gasteiger partial charge in [0.05, 0.1) is 30.2 Å². The summed E-state index contributed by atoms with van der Waals surface area (Å²) in [5, 5.41) is 11.9. The number of nitrogens with zero attached hydrogens (tertiary/aromatic N) is 1. The van der Waals surface area contributed by atoms with E-state index in [1.165, 1.54) is 0 Å². The minimum absolute atomic E-state index is 0.0182. The van der Waals surface area contributed by atoms with Crippen molar-refractivity contribution in [3.63, 3.8) is 0 Å². The van der Waals surface area contributed by atoms with E-state index in [1.807, 2.05) is 42.5 Å². The van der Waals surface area contributed by atoms with E-state index in [4.69, 9.17) is 14.7 Å². The monoisotopic (exact) mass is 437 g/mol. The van der Waals surface area contributed by atoms with Crippen LogP contribution in [0, 0.1) is 30.1 Å². The Bertz CT molecular complexity index is 1180. The summed E-state index contributed by atoms with van der Waals surface area (Å²) in [6.07, 6.45) is 0.852. The van der Waals surface area contributed by atoms with Gasteiger partial charge in [0, 0.05) is 16.8 Å². The van der Waals surface area contributed by atoms with Gasteiger partial charge in [0.1, 0.15) is 5.75 Å². The molecule has 0 amide bonds. The number of rotatable bonds is 8. The fourth-order valence-electron chi connectivity index (χ4n) is 3.19. The lowest BCUT2D eigenvalue weighted by Crippen LogP contribution is -2.15. The molecule has 33 heavy (non-hydrogen) atoms. The lowest BCUT2D eigenvalue weighted by Gasteiger charge is -2.14. The molecule has 3 rings (SSSR count). The second-order valence-electron chi connectivity index (χ2n) is 7.15. The Morgan fingerprint density at radius 1 is 1.03 bits per heavy atom. The second kappa shape index (κ2) is 12.0. The molecule has 0 aromatic heterocycles. The van der Waals surface area contributed by atoms with Crippen molar-refractivity contribution in [1.29, 1.82) is 5.26 Å². The zero-order valence-corrected chi connectivity index (χ0v) is 18.6. The minimum atomic E-state index is -0.389. The number of aryl methyl sites for hydroxylation is 1. The maximum Gasteiger partial charge on any atom is 0.312 e. The highest BCUT2D eigenvalue weighted by molar-refractivity contribution is 5.75. The Morgan fingerprint density at radius 3 is 2.45 bits per heavy atom. The van der Waals surface area contributed by atoms with E-state index < -0.39 is 0 Å². The quantitative estimate of drug-likeness (QED) is 0.309. The molecule has 0 saturated heterocycles. The number of ether oxygens (including phenoxy) is 2. The molecule has 0 fully saturated rings. The molecule has 5 heteroatoms. The first-order valence-corrected chi connectivity index (χ1v) is 10.7. The Morgan fingerprint density at radius 2 is 1.79 bits per heavy atom. The Labute approximate surface area is 195 Å². The average Bonchev–Trinajstić information content (AvgIpc) is 2.85. The maximum absolute atomic E-state index is 12.5. The Hall–Kier alpha value is -4.22.